The minimum Gasteiger partial charge on any atom is -0.481 e. The first-order chi connectivity index (χ1) is 8.40. The average Bonchev–Trinajstić information content (AvgIpc) is 2.91. The monoisotopic (exact) mass is 331 g/mol. The van der Waals surface area contributed by atoms with Gasteiger partial charge in [-0.1, -0.05) is 13.8 Å². The second-order valence-electron chi connectivity index (χ2n) is 5.56. The Morgan fingerprint density at radius 1 is 1.61 bits per heavy atom. The van der Waals surface area contributed by atoms with Crippen LogP contribution in [0.5, 0.6) is 0 Å². The van der Waals surface area contributed by atoms with Crippen LogP contribution in [-0.2, 0) is 10.2 Å². The molecule has 1 heterocycles. The molecule has 100 valence electrons. The van der Waals surface area contributed by atoms with Crippen molar-refractivity contribution in [3.8, 4) is 0 Å². The summed E-state index contributed by atoms with van der Waals surface area (Å²) < 4.78 is 1.15. The van der Waals surface area contributed by atoms with Crippen LogP contribution in [0.2, 0.25) is 0 Å². The zero-order chi connectivity index (χ0) is 13.3. The standard InChI is InChI=1S/C13H18BrNO2S/c1-13(2,10-3-4-11(14)18-10)7-15-6-8-5-9(8)12(16)17/h3-4,8-9,15H,5-7H2,1-2H3,(H,16,17). The van der Waals surface area contributed by atoms with Gasteiger partial charge in [0.2, 0.25) is 0 Å². The molecule has 1 fully saturated rings. The van der Waals surface area contributed by atoms with Crippen LogP contribution < -0.4 is 5.32 Å². The number of carboxylic acid groups (broad SMARTS) is 1. The Labute approximate surface area is 120 Å². The van der Waals surface area contributed by atoms with Gasteiger partial charge in [0.25, 0.3) is 0 Å². The molecule has 1 aromatic heterocycles. The van der Waals surface area contributed by atoms with E-state index in [9.17, 15) is 4.79 Å². The molecule has 1 aromatic rings. The molecule has 3 nitrogen and oxygen atoms in total. The third-order valence-electron chi connectivity index (χ3n) is 3.45. The fourth-order valence-corrected chi connectivity index (χ4v) is 3.60. The van der Waals surface area contributed by atoms with Crippen molar-refractivity contribution in [1.82, 2.24) is 5.32 Å². The van der Waals surface area contributed by atoms with Crippen molar-refractivity contribution >= 4 is 33.2 Å². The lowest BCUT2D eigenvalue weighted by Gasteiger charge is -2.23. The molecular formula is C13H18BrNO2S. The molecule has 0 saturated heterocycles. The van der Waals surface area contributed by atoms with Crippen LogP contribution in [-0.4, -0.2) is 24.2 Å². The van der Waals surface area contributed by atoms with Gasteiger partial charge < -0.3 is 10.4 Å². The van der Waals surface area contributed by atoms with Gasteiger partial charge in [0, 0.05) is 16.8 Å². The Kier molecular flexibility index (Phi) is 4.14. The molecule has 2 atom stereocenters. The van der Waals surface area contributed by atoms with Crippen molar-refractivity contribution in [1.29, 1.82) is 0 Å². The Morgan fingerprint density at radius 2 is 2.33 bits per heavy atom. The maximum absolute atomic E-state index is 10.7. The number of thiophene rings is 1. The summed E-state index contributed by atoms with van der Waals surface area (Å²) in [6.07, 6.45) is 0.827. The van der Waals surface area contributed by atoms with Gasteiger partial charge >= 0.3 is 5.97 Å². The Hall–Kier alpha value is -0.390. The van der Waals surface area contributed by atoms with E-state index in [0.717, 1.165) is 23.3 Å². The summed E-state index contributed by atoms with van der Waals surface area (Å²) in [7, 11) is 0. The number of nitrogens with one attached hydrogen (secondary N) is 1. The molecule has 0 radical (unpaired) electrons. The van der Waals surface area contributed by atoms with Crippen molar-refractivity contribution in [3.63, 3.8) is 0 Å². The number of hydrogen-bond donors (Lipinski definition) is 2. The fourth-order valence-electron chi connectivity index (χ4n) is 2.11. The number of carboxylic acids is 1. The summed E-state index contributed by atoms with van der Waals surface area (Å²) in [6.45, 7) is 6.11. The maximum Gasteiger partial charge on any atom is 0.306 e. The summed E-state index contributed by atoms with van der Waals surface area (Å²) in [5.41, 5.74) is 0.0876. The van der Waals surface area contributed by atoms with E-state index in [4.69, 9.17) is 5.11 Å². The second kappa shape index (κ2) is 5.31. The van der Waals surface area contributed by atoms with Crippen molar-refractivity contribution in [2.45, 2.75) is 25.7 Å². The molecule has 0 amide bonds. The van der Waals surface area contributed by atoms with E-state index in [0.29, 0.717) is 5.92 Å². The summed E-state index contributed by atoms with van der Waals surface area (Å²) in [5, 5.41) is 12.2. The molecule has 5 heteroatoms. The predicted octanol–water partition coefficient (Wildman–Crippen LogP) is 3.10. The second-order valence-corrected chi connectivity index (χ2v) is 8.02. The lowest BCUT2D eigenvalue weighted by atomic mass is 9.91. The Morgan fingerprint density at radius 3 is 2.83 bits per heavy atom. The molecule has 0 spiro atoms. The highest BCUT2D eigenvalue weighted by atomic mass is 79.9. The zero-order valence-corrected chi connectivity index (χ0v) is 13.0. The maximum atomic E-state index is 10.7. The van der Waals surface area contributed by atoms with E-state index in [-0.39, 0.29) is 11.3 Å². The minimum absolute atomic E-state index is 0.0876. The van der Waals surface area contributed by atoms with Crippen LogP contribution >= 0.6 is 27.3 Å². The smallest absolute Gasteiger partial charge is 0.306 e. The highest BCUT2D eigenvalue weighted by Crippen LogP contribution is 2.38. The summed E-state index contributed by atoms with van der Waals surface area (Å²) in [4.78, 5) is 12.1. The first-order valence-corrected chi connectivity index (χ1v) is 7.70. The molecular weight excluding hydrogens is 314 g/mol. The molecule has 0 aliphatic heterocycles. The summed E-state index contributed by atoms with van der Waals surface area (Å²) in [6, 6.07) is 4.22. The Balaban J connectivity index is 1.78. The largest absolute Gasteiger partial charge is 0.481 e. The predicted molar refractivity (Wildman–Crippen MR) is 77.1 cm³/mol. The van der Waals surface area contributed by atoms with Crippen LogP contribution in [0, 0.1) is 11.8 Å². The van der Waals surface area contributed by atoms with Crippen LogP contribution in [0.1, 0.15) is 25.1 Å². The van der Waals surface area contributed by atoms with Gasteiger partial charge in [-0.25, -0.2) is 0 Å². The third kappa shape index (κ3) is 3.33. The highest BCUT2D eigenvalue weighted by Gasteiger charge is 2.42. The minimum atomic E-state index is -0.650. The molecule has 2 rings (SSSR count). The first-order valence-electron chi connectivity index (χ1n) is 6.09. The average molecular weight is 332 g/mol. The lowest BCUT2D eigenvalue weighted by molar-refractivity contribution is -0.138. The van der Waals surface area contributed by atoms with Gasteiger partial charge in [-0.3, -0.25) is 4.79 Å². The Bertz CT molecular complexity index is 444. The van der Waals surface area contributed by atoms with Crippen LogP contribution in [0.25, 0.3) is 0 Å². The highest BCUT2D eigenvalue weighted by molar-refractivity contribution is 9.11. The van der Waals surface area contributed by atoms with Crippen molar-refractivity contribution in [3.05, 3.63) is 20.8 Å². The third-order valence-corrected chi connectivity index (χ3v) is 5.44. The number of halogens is 1. The molecule has 1 aliphatic rings. The van der Waals surface area contributed by atoms with Crippen molar-refractivity contribution < 1.29 is 9.90 Å². The van der Waals surface area contributed by atoms with E-state index < -0.39 is 5.97 Å². The van der Waals surface area contributed by atoms with Gasteiger partial charge in [-0.05, 0) is 46.9 Å². The number of aliphatic carboxylic acids is 1. The molecule has 18 heavy (non-hydrogen) atoms. The zero-order valence-electron chi connectivity index (χ0n) is 10.6. The van der Waals surface area contributed by atoms with Gasteiger partial charge in [-0.2, -0.15) is 0 Å². The molecule has 2 unspecified atom stereocenters. The van der Waals surface area contributed by atoms with Gasteiger partial charge in [0.15, 0.2) is 0 Å². The van der Waals surface area contributed by atoms with Gasteiger partial charge in [-0.15, -0.1) is 11.3 Å². The van der Waals surface area contributed by atoms with E-state index in [1.54, 1.807) is 11.3 Å². The summed E-state index contributed by atoms with van der Waals surface area (Å²) >= 11 is 5.24. The molecule has 1 saturated carbocycles. The van der Waals surface area contributed by atoms with Crippen LogP contribution in [0.4, 0.5) is 0 Å². The topological polar surface area (TPSA) is 49.3 Å². The van der Waals surface area contributed by atoms with Gasteiger partial charge in [0.05, 0.1) is 9.70 Å². The number of carbonyl (C=O) groups is 1. The molecule has 2 N–H and O–H groups in total. The van der Waals surface area contributed by atoms with Crippen molar-refractivity contribution in [2.24, 2.45) is 11.8 Å². The number of rotatable bonds is 6. The quantitative estimate of drug-likeness (QED) is 0.842. The van der Waals surface area contributed by atoms with Crippen LogP contribution in [0.3, 0.4) is 0 Å². The van der Waals surface area contributed by atoms with Crippen molar-refractivity contribution in [2.75, 3.05) is 13.1 Å². The lowest BCUT2D eigenvalue weighted by Crippen LogP contribution is -2.33. The summed E-state index contributed by atoms with van der Waals surface area (Å²) in [5.74, 6) is -0.437. The van der Waals surface area contributed by atoms with E-state index in [2.05, 4.69) is 47.2 Å². The number of hydrogen-bond acceptors (Lipinski definition) is 3. The SMILES string of the molecule is CC(C)(CNCC1CC1C(=O)O)c1ccc(Br)s1. The molecule has 1 aliphatic carbocycles. The fraction of sp³-hybridized carbons (Fsp3) is 0.615. The van der Waals surface area contributed by atoms with Gasteiger partial charge in [0.1, 0.15) is 0 Å². The first kappa shape index (κ1) is 14.0. The normalized spacial score (nSPS) is 23.1. The molecule has 0 aromatic carbocycles. The molecule has 0 bridgehead atoms. The van der Waals surface area contributed by atoms with E-state index >= 15 is 0 Å². The van der Waals surface area contributed by atoms with E-state index in [1.807, 2.05) is 0 Å². The van der Waals surface area contributed by atoms with Crippen LogP contribution in [0.15, 0.2) is 15.9 Å². The van der Waals surface area contributed by atoms with E-state index in [1.165, 1.54) is 4.88 Å².